The second kappa shape index (κ2) is 30.6. The molecule has 0 saturated heterocycles. The van der Waals surface area contributed by atoms with Crippen molar-refractivity contribution in [2.75, 3.05) is 34.3 Å². The lowest BCUT2D eigenvalue weighted by molar-refractivity contribution is 0.267. The Bertz CT molecular complexity index is 649. The van der Waals surface area contributed by atoms with E-state index < -0.39 is 0 Å². The van der Waals surface area contributed by atoms with Gasteiger partial charge in [0.15, 0.2) is 0 Å². The van der Waals surface area contributed by atoms with Crippen molar-refractivity contribution in [3.05, 3.63) is 91.0 Å². The Hall–Kier alpha value is -2.36. The Labute approximate surface area is 213 Å². The summed E-state index contributed by atoms with van der Waals surface area (Å²) in [6.45, 7) is 30.1. The van der Waals surface area contributed by atoms with Crippen molar-refractivity contribution < 1.29 is 4.74 Å². The van der Waals surface area contributed by atoms with Crippen LogP contribution in [0, 0.1) is 13.8 Å². The number of hydrogen-bond donors (Lipinski definition) is 1. The molecule has 1 N–H and O–H groups in total. The average Bonchev–Trinajstić information content (AvgIpc) is 2.88. The molecule has 2 aromatic rings. The van der Waals surface area contributed by atoms with Gasteiger partial charge in [0.25, 0.3) is 0 Å². The van der Waals surface area contributed by atoms with Crippen LogP contribution in [0.4, 0.5) is 0 Å². The number of nitrogens with one attached hydrogen (secondary N) is 1. The van der Waals surface area contributed by atoms with Crippen LogP contribution in [0.1, 0.15) is 63.3 Å². The molecule has 0 unspecified atom stereocenters. The molecule has 0 bridgehead atoms. The minimum Gasteiger partial charge on any atom is -0.497 e. The molecule has 1 aliphatic heterocycles. The lowest BCUT2D eigenvalue weighted by atomic mass is 9.99. The van der Waals surface area contributed by atoms with Crippen molar-refractivity contribution in [1.29, 1.82) is 0 Å². The maximum absolute atomic E-state index is 5.23. The molecule has 0 aliphatic carbocycles. The summed E-state index contributed by atoms with van der Waals surface area (Å²) in [7, 11) is 5.47. The van der Waals surface area contributed by atoms with Crippen LogP contribution in [0.2, 0.25) is 0 Å². The molecule has 0 fully saturated rings. The zero-order chi connectivity index (χ0) is 27.4. The zero-order valence-corrected chi connectivity index (χ0v) is 24.3. The van der Waals surface area contributed by atoms with Crippen molar-refractivity contribution in [2.45, 2.75) is 67.9 Å². The van der Waals surface area contributed by atoms with Crippen LogP contribution in [0.25, 0.3) is 0 Å². The fourth-order valence-corrected chi connectivity index (χ4v) is 2.80. The standard InChI is InChI=1S/C12H17NO.C8H10.C3H8.C2H7N.C2H6.2C2H4/c1-3-13-7-6-10-4-5-12(14-2)8-11(10)9-13;1-7-4-3-5-8(2)6-7;2*1-3-2;3*1-2/h4-5,8H,3,6-7,9H2,1-2H3;3-6H,1-2H3;3H2,1-2H3;3H,1-2H3;1-2H3;2*1-2H2. The quantitative estimate of drug-likeness (QED) is 0.445. The summed E-state index contributed by atoms with van der Waals surface area (Å²) in [5.74, 6) is 0.974. The Morgan fingerprint density at radius 1 is 0.853 bits per heavy atom. The third-order valence-electron chi connectivity index (χ3n) is 4.13. The average molecular weight is 473 g/mol. The van der Waals surface area contributed by atoms with Gasteiger partial charge in [0.2, 0.25) is 0 Å². The second-order valence-corrected chi connectivity index (χ2v) is 7.12. The Kier molecular flexibility index (Phi) is 35.0. The molecular weight excluding hydrogens is 416 g/mol. The van der Waals surface area contributed by atoms with Crippen LogP contribution in [0.3, 0.4) is 0 Å². The second-order valence-electron chi connectivity index (χ2n) is 7.12. The highest BCUT2D eigenvalue weighted by molar-refractivity contribution is 5.37. The van der Waals surface area contributed by atoms with Gasteiger partial charge < -0.3 is 10.1 Å². The van der Waals surface area contributed by atoms with Crippen molar-refractivity contribution >= 4 is 0 Å². The molecule has 1 heterocycles. The molecule has 3 rings (SSSR count). The third kappa shape index (κ3) is 21.5. The first-order chi connectivity index (χ1) is 16.4. The summed E-state index contributed by atoms with van der Waals surface area (Å²) < 4.78 is 5.23. The van der Waals surface area contributed by atoms with E-state index in [9.17, 15) is 0 Å². The van der Waals surface area contributed by atoms with Gasteiger partial charge >= 0.3 is 0 Å². The Balaban J connectivity index is -0.000000192. The maximum atomic E-state index is 5.23. The molecule has 1 aliphatic rings. The fraction of sp³-hybridized carbons (Fsp3) is 0.484. The summed E-state index contributed by atoms with van der Waals surface area (Å²) in [6.07, 6.45) is 2.42. The molecule has 0 spiro atoms. The number of likely N-dealkylation sites (N-methyl/N-ethyl adjacent to an activating group) is 1. The molecule has 0 amide bonds. The van der Waals surface area contributed by atoms with Gasteiger partial charge in [-0.3, -0.25) is 4.90 Å². The first-order valence-corrected chi connectivity index (χ1v) is 12.4. The summed E-state index contributed by atoms with van der Waals surface area (Å²) in [6, 6.07) is 14.9. The van der Waals surface area contributed by atoms with Crippen LogP contribution in [0.15, 0.2) is 68.8 Å². The van der Waals surface area contributed by atoms with E-state index in [-0.39, 0.29) is 0 Å². The molecule has 0 atom stereocenters. The van der Waals surface area contributed by atoms with Crippen molar-refractivity contribution in [3.63, 3.8) is 0 Å². The summed E-state index contributed by atoms with van der Waals surface area (Å²) in [5, 5.41) is 2.75. The van der Waals surface area contributed by atoms with Gasteiger partial charge in [-0.1, -0.05) is 82.5 Å². The van der Waals surface area contributed by atoms with Crippen LogP contribution in [-0.2, 0) is 13.0 Å². The molecule has 2 aromatic carbocycles. The predicted octanol–water partition coefficient (Wildman–Crippen LogP) is 8.26. The first kappa shape index (κ1) is 38.9. The number of ether oxygens (including phenoxy) is 1. The number of aryl methyl sites for hydroxylation is 2. The number of benzene rings is 2. The topological polar surface area (TPSA) is 24.5 Å². The van der Waals surface area contributed by atoms with E-state index in [0.717, 1.165) is 18.8 Å². The largest absolute Gasteiger partial charge is 0.497 e. The fourth-order valence-electron chi connectivity index (χ4n) is 2.80. The van der Waals surface area contributed by atoms with E-state index in [2.05, 4.69) is 114 Å². The highest BCUT2D eigenvalue weighted by Gasteiger charge is 2.14. The van der Waals surface area contributed by atoms with E-state index in [0.29, 0.717) is 0 Å². The highest BCUT2D eigenvalue weighted by atomic mass is 16.5. The van der Waals surface area contributed by atoms with E-state index >= 15 is 0 Å². The van der Waals surface area contributed by atoms with Gasteiger partial charge in [-0.25, -0.2) is 0 Å². The maximum Gasteiger partial charge on any atom is 0.119 e. The molecule has 0 radical (unpaired) electrons. The van der Waals surface area contributed by atoms with Gasteiger partial charge in [0.1, 0.15) is 5.75 Å². The van der Waals surface area contributed by atoms with E-state index in [4.69, 9.17) is 4.74 Å². The highest BCUT2D eigenvalue weighted by Crippen LogP contribution is 2.23. The summed E-state index contributed by atoms with van der Waals surface area (Å²) >= 11 is 0. The SMILES string of the molecule is C=C.C=C.CC.CCC.CCN1CCc2ccc(OC)cc2C1.CNC.Cc1cccc(C)c1. The van der Waals surface area contributed by atoms with Crippen molar-refractivity contribution in [1.82, 2.24) is 10.2 Å². The van der Waals surface area contributed by atoms with E-state index in [1.165, 1.54) is 41.6 Å². The minimum absolute atomic E-state index is 0.974. The van der Waals surface area contributed by atoms with Crippen LogP contribution in [0.5, 0.6) is 5.75 Å². The molecular formula is C31H56N2O. The summed E-state index contributed by atoms with van der Waals surface area (Å²) in [4.78, 5) is 2.46. The molecule has 3 nitrogen and oxygen atoms in total. The van der Waals surface area contributed by atoms with Crippen LogP contribution in [-0.4, -0.2) is 39.2 Å². The molecule has 0 aromatic heterocycles. The lowest BCUT2D eigenvalue weighted by Gasteiger charge is -2.27. The first-order valence-electron chi connectivity index (χ1n) is 12.4. The van der Waals surface area contributed by atoms with Gasteiger partial charge in [0, 0.05) is 13.1 Å². The predicted molar refractivity (Wildman–Crippen MR) is 158 cm³/mol. The Morgan fingerprint density at radius 2 is 1.32 bits per heavy atom. The van der Waals surface area contributed by atoms with E-state index in [1.54, 1.807) is 7.11 Å². The number of nitrogens with zero attached hydrogens (tertiary/aromatic N) is 1. The van der Waals surface area contributed by atoms with Gasteiger partial charge in [-0.05, 0) is 64.2 Å². The Morgan fingerprint density at radius 3 is 1.68 bits per heavy atom. The number of rotatable bonds is 2. The molecule has 3 heteroatoms. The van der Waals surface area contributed by atoms with Gasteiger partial charge in [0.05, 0.1) is 7.11 Å². The van der Waals surface area contributed by atoms with Gasteiger partial charge in [-0.15, -0.1) is 26.3 Å². The lowest BCUT2D eigenvalue weighted by Crippen LogP contribution is -2.30. The van der Waals surface area contributed by atoms with Gasteiger partial charge in [-0.2, -0.15) is 0 Å². The number of fused-ring (bicyclic) bond motifs is 1. The molecule has 34 heavy (non-hydrogen) atoms. The minimum atomic E-state index is 0.974. The monoisotopic (exact) mass is 472 g/mol. The van der Waals surface area contributed by atoms with Crippen LogP contribution >= 0.6 is 0 Å². The van der Waals surface area contributed by atoms with Crippen LogP contribution < -0.4 is 10.1 Å². The number of methoxy groups -OCH3 is 1. The normalized spacial score (nSPS) is 10.4. The smallest absolute Gasteiger partial charge is 0.119 e. The zero-order valence-electron chi connectivity index (χ0n) is 24.3. The van der Waals surface area contributed by atoms with E-state index in [1.807, 2.05) is 27.9 Å². The molecule has 196 valence electrons. The molecule has 0 saturated carbocycles. The summed E-state index contributed by atoms with van der Waals surface area (Å²) in [5.41, 5.74) is 5.59. The third-order valence-corrected chi connectivity index (χ3v) is 4.13. The van der Waals surface area contributed by atoms with Crippen molar-refractivity contribution in [2.24, 2.45) is 0 Å². The van der Waals surface area contributed by atoms with Crippen molar-refractivity contribution in [3.8, 4) is 5.75 Å². The number of hydrogen-bond acceptors (Lipinski definition) is 3.